The van der Waals surface area contributed by atoms with E-state index in [1.54, 1.807) is 12.4 Å². The van der Waals surface area contributed by atoms with Crippen LogP contribution in [-0.4, -0.2) is 80.5 Å². The molecule has 126 valence electrons. The number of aliphatic hydroxyl groups is 1. The maximum atomic E-state index is 12.1. The molecule has 1 fully saturated rings. The van der Waals surface area contributed by atoms with Gasteiger partial charge in [0.05, 0.1) is 13.2 Å². The van der Waals surface area contributed by atoms with Crippen molar-refractivity contribution in [3.63, 3.8) is 0 Å². The van der Waals surface area contributed by atoms with E-state index < -0.39 is 11.9 Å². The van der Waals surface area contributed by atoms with Gasteiger partial charge in [0.25, 0.3) is 6.47 Å². The number of carbonyl (C=O) groups is 4. The third-order valence-corrected chi connectivity index (χ3v) is 2.81. The molecule has 11 heteroatoms. The molecule has 1 aromatic rings. The summed E-state index contributed by atoms with van der Waals surface area (Å²) >= 11 is 0. The number of nitrogens with one attached hydrogen (secondary N) is 2. The number of aliphatic hydroxyl groups excluding tert-OH is 1. The highest BCUT2D eigenvalue weighted by Crippen LogP contribution is 2.03. The summed E-state index contributed by atoms with van der Waals surface area (Å²) in [5.74, 6) is -0.211. The molecule has 0 saturated carbocycles. The summed E-state index contributed by atoms with van der Waals surface area (Å²) in [6.07, 6.45) is 3.19. The second-order valence-electron chi connectivity index (χ2n) is 4.39. The van der Waals surface area contributed by atoms with Crippen molar-refractivity contribution < 1.29 is 29.4 Å². The van der Waals surface area contributed by atoms with Gasteiger partial charge in [0.15, 0.2) is 0 Å². The Morgan fingerprint density at radius 3 is 2.65 bits per heavy atom. The number of nitrogens with zero attached hydrogens (tertiary/aromatic N) is 3. The van der Waals surface area contributed by atoms with Crippen LogP contribution >= 0.6 is 0 Å². The molecule has 4 amide bonds. The molecular formula is C12H17N5O6. The fourth-order valence-corrected chi connectivity index (χ4v) is 1.85. The highest BCUT2D eigenvalue weighted by molar-refractivity contribution is 6.03. The summed E-state index contributed by atoms with van der Waals surface area (Å²) in [5, 5.41) is 18.0. The first-order valence-electron chi connectivity index (χ1n) is 6.55. The van der Waals surface area contributed by atoms with Gasteiger partial charge in [-0.3, -0.25) is 19.7 Å². The highest BCUT2D eigenvalue weighted by atomic mass is 16.3. The van der Waals surface area contributed by atoms with Gasteiger partial charge in [0, 0.05) is 18.9 Å². The Labute approximate surface area is 130 Å². The van der Waals surface area contributed by atoms with Gasteiger partial charge in [-0.15, -0.1) is 0 Å². The molecule has 0 atom stereocenters. The number of hydrogen-bond donors (Lipinski definition) is 4. The van der Waals surface area contributed by atoms with Crippen molar-refractivity contribution in [1.82, 2.24) is 25.1 Å². The molecule has 0 aromatic carbocycles. The lowest BCUT2D eigenvalue weighted by molar-refractivity contribution is -0.133. The quantitative estimate of drug-likeness (QED) is 0.347. The third kappa shape index (κ3) is 5.74. The van der Waals surface area contributed by atoms with E-state index >= 15 is 0 Å². The number of imide groups is 1. The minimum Gasteiger partial charge on any atom is -0.483 e. The van der Waals surface area contributed by atoms with E-state index in [9.17, 15) is 14.4 Å². The molecule has 1 saturated heterocycles. The second-order valence-corrected chi connectivity index (χ2v) is 4.39. The normalized spacial score (nSPS) is 13.2. The molecule has 1 aliphatic rings. The first kappa shape index (κ1) is 18.1. The van der Waals surface area contributed by atoms with Gasteiger partial charge in [-0.25, -0.2) is 9.78 Å². The number of H-pyrrole nitrogens is 1. The zero-order chi connectivity index (χ0) is 17.2. The molecule has 0 aliphatic carbocycles. The summed E-state index contributed by atoms with van der Waals surface area (Å²) in [4.78, 5) is 52.2. The molecule has 0 radical (unpaired) electrons. The predicted octanol–water partition coefficient (Wildman–Crippen LogP) is -2.02. The van der Waals surface area contributed by atoms with E-state index in [1.165, 1.54) is 4.90 Å². The van der Waals surface area contributed by atoms with Crippen molar-refractivity contribution in [2.45, 2.75) is 6.54 Å². The molecule has 23 heavy (non-hydrogen) atoms. The third-order valence-electron chi connectivity index (χ3n) is 2.81. The molecule has 0 bridgehead atoms. The molecule has 1 aliphatic heterocycles. The molecular weight excluding hydrogens is 310 g/mol. The second kappa shape index (κ2) is 9.15. The molecule has 0 spiro atoms. The van der Waals surface area contributed by atoms with Gasteiger partial charge in [-0.05, 0) is 0 Å². The number of amides is 4. The number of hydrogen-bond acceptors (Lipinski definition) is 6. The average Bonchev–Trinajstić information content (AvgIpc) is 3.09. The zero-order valence-corrected chi connectivity index (χ0v) is 12.1. The number of aromatic nitrogens is 2. The predicted molar refractivity (Wildman–Crippen MR) is 74.9 cm³/mol. The monoisotopic (exact) mass is 327 g/mol. The smallest absolute Gasteiger partial charge is 0.325 e. The molecule has 2 rings (SSSR count). The van der Waals surface area contributed by atoms with E-state index in [-0.39, 0.29) is 45.2 Å². The molecule has 2 heterocycles. The van der Waals surface area contributed by atoms with E-state index in [0.29, 0.717) is 5.82 Å². The van der Waals surface area contributed by atoms with Crippen LogP contribution in [0.1, 0.15) is 5.82 Å². The zero-order valence-electron chi connectivity index (χ0n) is 12.1. The summed E-state index contributed by atoms with van der Waals surface area (Å²) in [7, 11) is 0. The van der Waals surface area contributed by atoms with Gasteiger partial charge >= 0.3 is 6.03 Å². The topological polar surface area (TPSA) is 156 Å². The summed E-state index contributed by atoms with van der Waals surface area (Å²) in [6.45, 7) is -0.452. The number of imidazole rings is 1. The van der Waals surface area contributed by atoms with Gasteiger partial charge < -0.3 is 25.0 Å². The fraction of sp³-hybridized carbons (Fsp3) is 0.417. The van der Waals surface area contributed by atoms with Crippen LogP contribution in [0.15, 0.2) is 12.4 Å². The van der Waals surface area contributed by atoms with Crippen LogP contribution in [0.5, 0.6) is 0 Å². The summed E-state index contributed by atoms with van der Waals surface area (Å²) in [6, 6.07) is -0.578. The Kier molecular flexibility index (Phi) is 7.20. The van der Waals surface area contributed by atoms with Crippen LogP contribution in [-0.2, 0) is 20.9 Å². The number of carbonyl (C=O) groups excluding carboxylic acids is 3. The van der Waals surface area contributed by atoms with Crippen LogP contribution in [0.2, 0.25) is 0 Å². The Morgan fingerprint density at radius 2 is 2.17 bits per heavy atom. The Morgan fingerprint density at radius 1 is 1.48 bits per heavy atom. The minimum atomic E-state index is -0.578. The molecule has 11 nitrogen and oxygen atoms in total. The minimum absolute atomic E-state index is 0.127. The number of carboxylic acid groups (broad SMARTS) is 1. The van der Waals surface area contributed by atoms with Crippen LogP contribution in [0, 0.1) is 0 Å². The van der Waals surface area contributed by atoms with E-state index in [1.807, 2.05) is 0 Å². The largest absolute Gasteiger partial charge is 0.483 e. The molecule has 4 N–H and O–H groups in total. The molecule has 0 unspecified atom stereocenters. The van der Waals surface area contributed by atoms with Crippen molar-refractivity contribution in [2.75, 3.05) is 26.2 Å². The standard InChI is InChI=1S/C11H15N5O4.CH2O2/c17-4-3-15(5-8-12-1-2-13-8)10(19)7-16-6-9(18)14-11(16)20;2-1-3/h1-2,17H,3-7H2,(H,12,13)(H,14,18,20);1H,(H,2,3). The van der Waals surface area contributed by atoms with Crippen LogP contribution in [0.3, 0.4) is 0 Å². The number of rotatable bonds is 6. The van der Waals surface area contributed by atoms with Crippen molar-refractivity contribution >= 4 is 24.3 Å². The average molecular weight is 327 g/mol. The lowest BCUT2D eigenvalue weighted by Crippen LogP contribution is -2.42. The first-order valence-corrected chi connectivity index (χ1v) is 6.55. The Bertz CT molecular complexity index is 546. The lowest BCUT2D eigenvalue weighted by Gasteiger charge is -2.23. The summed E-state index contributed by atoms with van der Waals surface area (Å²) < 4.78 is 0. The van der Waals surface area contributed by atoms with Crippen molar-refractivity contribution in [3.05, 3.63) is 18.2 Å². The Balaban J connectivity index is 0.000000816. The van der Waals surface area contributed by atoms with E-state index in [2.05, 4.69) is 15.3 Å². The maximum Gasteiger partial charge on any atom is 0.325 e. The summed E-state index contributed by atoms with van der Waals surface area (Å²) in [5.41, 5.74) is 0. The maximum absolute atomic E-state index is 12.1. The number of urea groups is 1. The molecule has 1 aromatic heterocycles. The van der Waals surface area contributed by atoms with Gasteiger partial charge in [-0.2, -0.15) is 0 Å². The first-order chi connectivity index (χ1) is 11.0. The van der Waals surface area contributed by atoms with Crippen LogP contribution in [0.4, 0.5) is 4.79 Å². The number of aromatic amines is 1. The highest BCUT2D eigenvalue weighted by Gasteiger charge is 2.29. The van der Waals surface area contributed by atoms with Crippen molar-refractivity contribution in [2.24, 2.45) is 0 Å². The fourth-order valence-electron chi connectivity index (χ4n) is 1.85. The van der Waals surface area contributed by atoms with Gasteiger partial charge in [-0.1, -0.05) is 0 Å². The van der Waals surface area contributed by atoms with E-state index in [0.717, 1.165) is 4.90 Å². The van der Waals surface area contributed by atoms with Crippen molar-refractivity contribution in [1.29, 1.82) is 0 Å². The van der Waals surface area contributed by atoms with Crippen LogP contribution in [0.25, 0.3) is 0 Å². The SMILES string of the molecule is O=C1CN(CC(=O)N(CCO)Cc2ncc[nH]2)C(=O)N1.O=CO. The van der Waals surface area contributed by atoms with E-state index in [4.69, 9.17) is 15.0 Å². The van der Waals surface area contributed by atoms with Gasteiger partial charge in [0.1, 0.15) is 18.9 Å². The van der Waals surface area contributed by atoms with Gasteiger partial charge in [0.2, 0.25) is 11.8 Å². The Hall–Kier alpha value is -2.95. The van der Waals surface area contributed by atoms with Crippen molar-refractivity contribution in [3.8, 4) is 0 Å². The lowest BCUT2D eigenvalue weighted by atomic mass is 10.4. The van der Waals surface area contributed by atoms with Crippen LogP contribution < -0.4 is 5.32 Å².